The number of methoxy groups -OCH3 is 1. The van der Waals surface area contributed by atoms with Crippen molar-refractivity contribution in [1.29, 1.82) is 0 Å². The number of anilines is 2. The number of fused-ring (bicyclic) bond motifs is 1. The molecular formula is C20H23N3O6S. The summed E-state index contributed by atoms with van der Waals surface area (Å²) in [5.74, 6) is 0.387. The quantitative estimate of drug-likeness (QED) is 0.743. The van der Waals surface area contributed by atoms with Gasteiger partial charge in [-0.25, -0.2) is 8.42 Å². The van der Waals surface area contributed by atoms with Crippen LogP contribution < -0.4 is 19.7 Å². The molecule has 0 unspecified atom stereocenters. The van der Waals surface area contributed by atoms with Gasteiger partial charge in [0.05, 0.1) is 30.8 Å². The highest BCUT2D eigenvalue weighted by atomic mass is 32.2. The van der Waals surface area contributed by atoms with Crippen molar-refractivity contribution in [3.05, 3.63) is 42.5 Å². The lowest BCUT2D eigenvalue weighted by Gasteiger charge is -2.29. The van der Waals surface area contributed by atoms with E-state index < -0.39 is 15.9 Å². The molecule has 0 aliphatic carbocycles. The number of hydrogen-bond donors (Lipinski definition) is 1. The van der Waals surface area contributed by atoms with E-state index in [9.17, 15) is 18.0 Å². The number of amides is 2. The largest absolute Gasteiger partial charge is 0.497 e. The highest BCUT2D eigenvalue weighted by Crippen LogP contribution is 2.34. The fourth-order valence-corrected chi connectivity index (χ4v) is 4.17. The lowest BCUT2D eigenvalue weighted by atomic mass is 10.2. The summed E-state index contributed by atoms with van der Waals surface area (Å²) in [7, 11) is -1.10. The van der Waals surface area contributed by atoms with E-state index in [0.717, 1.165) is 4.31 Å². The Balaban J connectivity index is 1.75. The molecule has 2 aromatic rings. The fourth-order valence-electron chi connectivity index (χ4n) is 3.03. The van der Waals surface area contributed by atoms with Crippen molar-refractivity contribution in [2.24, 2.45) is 0 Å². The van der Waals surface area contributed by atoms with Crippen molar-refractivity contribution in [1.82, 2.24) is 4.31 Å². The van der Waals surface area contributed by atoms with Crippen LogP contribution in [0.2, 0.25) is 0 Å². The second kappa shape index (κ2) is 8.72. The van der Waals surface area contributed by atoms with Crippen LogP contribution in [0.1, 0.15) is 6.92 Å². The summed E-state index contributed by atoms with van der Waals surface area (Å²) in [4.78, 5) is 25.6. The summed E-state index contributed by atoms with van der Waals surface area (Å²) in [6.07, 6.45) is 0. The first-order valence-electron chi connectivity index (χ1n) is 9.17. The summed E-state index contributed by atoms with van der Waals surface area (Å²) in [6, 6.07) is 11.0. The predicted molar refractivity (Wildman–Crippen MR) is 111 cm³/mol. The third kappa shape index (κ3) is 4.55. The maximum atomic E-state index is 13.0. The lowest BCUT2D eigenvalue weighted by Crippen LogP contribution is -2.37. The molecule has 1 aliphatic rings. The van der Waals surface area contributed by atoms with Crippen LogP contribution in [0.15, 0.2) is 47.4 Å². The molecule has 0 saturated carbocycles. The van der Waals surface area contributed by atoms with Gasteiger partial charge in [-0.05, 0) is 42.5 Å². The standard InChI is InChI=1S/C20H23N3O6S/c1-14(24)23-10-11-29-19-9-8-17(12-18(19)23)30(26,27)22(2)13-20(25)21-15-4-6-16(28-3)7-5-15/h4-9,12H,10-11,13H2,1-3H3,(H,21,25). The summed E-state index contributed by atoms with van der Waals surface area (Å²) in [5.41, 5.74) is 0.917. The van der Waals surface area contributed by atoms with Gasteiger partial charge in [0, 0.05) is 19.7 Å². The van der Waals surface area contributed by atoms with Crippen LogP contribution in [0.4, 0.5) is 11.4 Å². The molecule has 0 aromatic heterocycles. The van der Waals surface area contributed by atoms with Crippen molar-refractivity contribution < 1.29 is 27.5 Å². The van der Waals surface area contributed by atoms with Gasteiger partial charge in [-0.2, -0.15) is 4.31 Å². The molecule has 0 spiro atoms. The number of benzene rings is 2. The molecule has 2 aromatic carbocycles. The highest BCUT2D eigenvalue weighted by molar-refractivity contribution is 7.89. The van der Waals surface area contributed by atoms with Crippen LogP contribution in [0, 0.1) is 0 Å². The van der Waals surface area contributed by atoms with Gasteiger partial charge in [0.1, 0.15) is 18.1 Å². The molecule has 30 heavy (non-hydrogen) atoms. The van der Waals surface area contributed by atoms with E-state index in [1.807, 2.05) is 0 Å². The molecule has 0 atom stereocenters. The van der Waals surface area contributed by atoms with Gasteiger partial charge in [-0.1, -0.05) is 0 Å². The van der Waals surface area contributed by atoms with E-state index in [4.69, 9.17) is 9.47 Å². The molecule has 0 saturated heterocycles. The Bertz CT molecular complexity index is 1050. The van der Waals surface area contributed by atoms with E-state index in [1.54, 1.807) is 24.3 Å². The van der Waals surface area contributed by atoms with Crippen LogP contribution in [0.5, 0.6) is 11.5 Å². The van der Waals surface area contributed by atoms with Crippen molar-refractivity contribution in [2.75, 3.05) is 44.1 Å². The van der Waals surface area contributed by atoms with Crippen molar-refractivity contribution in [3.8, 4) is 11.5 Å². The van der Waals surface area contributed by atoms with Gasteiger partial charge in [-0.3, -0.25) is 9.59 Å². The molecule has 0 fully saturated rings. The van der Waals surface area contributed by atoms with Crippen LogP contribution in [-0.2, 0) is 19.6 Å². The molecule has 10 heteroatoms. The molecule has 0 bridgehead atoms. The number of nitrogens with zero attached hydrogens (tertiary/aromatic N) is 2. The predicted octanol–water partition coefficient (Wildman–Crippen LogP) is 1.70. The van der Waals surface area contributed by atoms with E-state index in [1.165, 1.54) is 44.2 Å². The van der Waals surface area contributed by atoms with Gasteiger partial charge in [0.25, 0.3) is 0 Å². The Morgan fingerprint density at radius 2 is 1.90 bits per heavy atom. The van der Waals surface area contributed by atoms with Crippen molar-refractivity contribution >= 4 is 33.2 Å². The summed E-state index contributed by atoms with van der Waals surface area (Å²) >= 11 is 0. The van der Waals surface area contributed by atoms with Gasteiger partial charge in [0.15, 0.2) is 0 Å². The molecular weight excluding hydrogens is 410 g/mol. The third-order valence-corrected chi connectivity index (χ3v) is 6.42. The average molecular weight is 433 g/mol. The Hall–Kier alpha value is -3.11. The third-order valence-electron chi connectivity index (χ3n) is 4.62. The first kappa shape index (κ1) is 21.6. The van der Waals surface area contributed by atoms with E-state index in [-0.39, 0.29) is 17.3 Å². The molecule has 160 valence electrons. The minimum Gasteiger partial charge on any atom is -0.497 e. The minimum atomic E-state index is -3.96. The number of likely N-dealkylation sites (N-methyl/N-ethyl adjacent to an activating group) is 1. The zero-order chi connectivity index (χ0) is 21.9. The molecule has 0 radical (unpaired) electrons. The Labute approximate surface area is 175 Å². The van der Waals surface area contributed by atoms with Crippen molar-refractivity contribution in [2.45, 2.75) is 11.8 Å². The molecule has 1 heterocycles. The molecule has 1 aliphatic heterocycles. The van der Waals surface area contributed by atoms with E-state index >= 15 is 0 Å². The van der Waals surface area contributed by atoms with E-state index in [2.05, 4.69) is 5.32 Å². The molecule has 9 nitrogen and oxygen atoms in total. The number of nitrogens with one attached hydrogen (secondary N) is 1. The smallest absolute Gasteiger partial charge is 0.243 e. The average Bonchev–Trinajstić information content (AvgIpc) is 2.73. The Morgan fingerprint density at radius 3 is 2.53 bits per heavy atom. The second-order valence-corrected chi connectivity index (χ2v) is 8.73. The first-order chi connectivity index (χ1) is 14.2. The zero-order valence-corrected chi connectivity index (χ0v) is 17.7. The maximum Gasteiger partial charge on any atom is 0.243 e. The van der Waals surface area contributed by atoms with Crippen LogP contribution in [-0.4, -0.2) is 58.4 Å². The normalized spacial score (nSPS) is 13.4. The minimum absolute atomic E-state index is 0.0299. The first-order valence-corrected chi connectivity index (χ1v) is 10.6. The van der Waals surface area contributed by atoms with Crippen molar-refractivity contribution in [3.63, 3.8) is 0 Å². The Kier molecular flexibility index (Phi) is 6.28. The van der Waals surface area contributed by atoms with Gasteiger partial charge < -0.3 is 19.7 Å². The lowest BCUT2D eigenvalue weighted by molar-refractivity contribution is -0.117. The summed E-state index contributed by atoms with van der Waals surface area (Å²) < 4.78 is 37.4. The topological polar surface area (TPSA) is 105 Å². The van der Waals surface area contributed by atoms with Crippen LogP contribution >= 0.6 is 0 Å². The second-order valence-electron chi connectivity index (χ2n) is 6.69. The number of hydrogen-bond acceptors (Lipinski definition) is 6. The number of sulfonamides is 1. The fraction of sp³-hybridized carbons (Fsp3) is 0.300. The van der Waals surface area contributed by atoms with Gasteiger partial charge in [0.2, 0.25) is 21.8 Å². The number of rotatable bonds is 6. The number of carbonyl (C=O) groups excluding carboxylic acids is 2. The summed E-state index contributed by atoms with van der Waals surface area (Å²) in [6.45, 7) is 1.71. The monoisotopic (exact) mass is 433 g/mol. The maximum absolute atomic E-state index is 13.0. The van der Waals surface area contributed by atoms with Gasteiger partial charge >= 0.3 is 0 Å². The summed E-state index contributed by atoms with van der Waals surface area (Å²) in [5, 5.41) is 2.65. The Morgan fingerprint density at radius 1 is 1.20 bits per heavy atom. The molecule has 3 rings (SSSR count). The number of carbonyl (C=O) groups is 2. The van der Waals surface area contributed by atoms with Crippen LogP contribution in [0.25, 0.3) is 0 Å². The molecule has 1 N–H and O–H groups in total. The number of ether oxygens (including phenoxy) is 2. The SMILES string of the molecule is COc1ccc(NC(=O)CN(C)S(=O)(=O)c2ccc3c(c2)N(C(C)=O)CCO3)cc1. The zero-order valence-electron chi connectivity index (χ0n) is 16.9. The molecule has 2 amide bonds. The van der Waals surface area contributed by atoms with Gasteiger partial charge in [-0.15, -0.1) is 0 Å². The highest BCUT2D eigenvalue weighted by Gasteiger charge is 2.27. The van der Waals surface area contributed by atoms with Crippen LogP contribution in [0.3, 0.4) is 0 Å². The van der Waals surface area contributed by atoms with E-state index in [0.29, 0.717) is 36.0 Å².